The van der Waals surface area contributed by atoms with Crippen molar-refractivity contribution in [3.63, 3.8) is 0 Å². The summed E-state index contributed by atoms with van der Waals surface area (Å²) in [5, 5.41) is 6.20. The van der Waals surface area contributed by atoms with Crippen LogP contribution in [-0.2, 0) is 6.54 Å². The van der Waals surface area contributed by atoms with Crippen molar-refractivity contribution in [1.82, 2.24) is 24.7 Å². The fourth-order valence-electron chi connectivity index (χ4n) is 5.92. The van der Waals surface area contributed by atoms with Gasteiger partial charge in [0.1, 0.15) is 5.82 Å². The molecule has 3 saturated heterocycles. The molecular weight excluding hydrogens is 418 g/mol. The first-order valence-electron chi connectivity index (χ1n) is 11.9. The maximum Gasteiger partial charge on any atom is 0.354 e. The van der Waals surface area contributed by atoms with Crippen molar-refractivity contribution < 1.29 is 4.79 Å². The molecule has 1 saturated carbocycles. The van der Waals surface area contributed by atoms with Crippen LogP contribution in [0.4, 0.5) is 10.6 Å². The van der Waals surface area contributed by atoms with E-state index < -0.39 is 5.69 Å². The standard InChI is InChI=1S/C24H31N7O2/c25-21-18-12-29(13-19(18)21)11-16-1-3-17(4-2-16)31-9-5-20(28-23(31)33)27-22(32)30-10-7-24(15-30)6-8-26-14-24/h1-5,9,18-19,21,26H,6-8,10-15,25H2,(H,27,28,32,33)/t18-,19+,21?,24?. The largest absolute Gasteiger partial charge is 0.354 e. The van der Waals surface area contributed by atoms with Gasteiger partial charge in [-0.2, -0.15) is 4.98 Å². The number of likely N-dealkylation sites (tertiary alicyclic amines) is 2. The quantitative estimate of drug-likeness (QED) is 0.638. The Hall–Kier alpha value is -2.75. The van der Waals surface area contributed by atoms with E-state index in [4.69, 9.17) is 5.73 Å². The number of nitrogens with two attached hydrogens (primary N) is 1. The minimum Gasteiger partial charge on any atom is -0.327 e. The lowest BCUT2D eigenvalue weighted by Crippen LogP contribution is -2.36. The van der Waals surface area contributed by atoms with Crippen molar-refractivity contribution in [2.45, 2.75) is 25.4 Å². The molecule has 6 rings (SSSR count). The van der Waals surface area contributed by atoms with Gasteiger partial charge in [-0.15, -0.1) is 0 Å². The van der Waals surface area contributed by atoms with Gasteiger partial charge in [0.15, 0.2) is 0 Å². The van der Waals surface area contributed by atoms with Gasteiger partial charge in [0.25, 0.3) is 0 Å². The van der Waals surface area contributed by atoms with Gasteiger partial charge in [0.2, 0.25) is 0 Å². The molecule has 1 aromatic heterocycles. The van der Waals surface area contributed by atoms with Gasteiger partial charge in [-0.3, -0.25) is 14.8 Å². The summed E-state index contributed by atoms with van der Waals surface area (Å²) in [5.74, 6) is 1.65. The number of nitrogens with zero attached hydrogens (tertiary/aromatic N) is 4. The zero-order chi connectivity index (χ0) is 22.6. The molecule has 9 heteroatoms. The van der Waals surface area contributed by atoms with Crippen LogP contribution in [0.2, 0.25) is 0 Å². The number of benzene rings is 1. The van der Waals surface area contributed by atoms with E-state index in [1.165, 1.54) is 10.1 Å². The molecule has 0 bridgehead atoms. The molecule has 2 aromatic rings. The molecule has 3 aliphatic heterocycles. The van der Waals surface area contributed by atoms with Crippen molar-refractivity contribution in [2.24, 2.45) is 23.0 Å². The van der Waals surface area contributed by atoms with Crippen LogP contribution in [-0.4, -0.2) is 70.7 Å². The minimum atomic E-state index is -0.410. The maximum absolute atomic E-state index is 12.7. The fourth-order valence-corrected chi connectivity index (χ4v) is 5.92. The molecular formula is C24H31N7O2. The number of piperidine rings is 1. The molecule has 4 fully saturated rings. The predicted molar refractivity (Wildman–Crippen MR) is 125 cm³/mol. The van der Waals surface area contributed by atoms with E-state index in [0.717, 1.165) is 64.3 Å². The van der Waals surface area contributed by atoms with Crippen LogP contribution in [0, 0.1) is 17.3 Å². The van der Waals surface area contributed by atoms with E-state index in [-0.39, 0.29) is 17.3 Å². The summed E-state index contributed by atoms with van der Waals surface area (Å²) in [7, 11) is 0. The molecule has 4 aliphatic rings. The highest BCUT2D eigenvalue weighted by molar-refractivity contribution is 5.88. The third-order valence-electron chi connectivity index (χ3n) is 8.05. The number of hydrogen-bond acceptors (Lipinski definition) is 6. The highest BCUT2D eigenvalue weighted by atomic mass is 16.2. The summed E-state index contributed by atoms with van der Waals surface area (Å²) in [6.07, 6.45) is 3.80. The Morgan fingerprint density at radius 1 is 1.18 bits per heavy atom. The van der Waals surface area contributed by atoms with E-state index >= 15 is 0 Å². The molecule has 174 valence electrons. The first-order valence-corrected chi connectivity index (χ1v) is 11.9. The van der Waals surface area contributed by atoms with Crippen LogP contribution in [0.25, 0.3) is 5.69 Å². The number of hydrogen-bond donors (Lipinski definition) is 3. The number of amides is 2. The topological polar surface area (TPSA) is 109 Å². The van der Waals surface area contributed by atoms with Crippen LogP contribution < -0.4 is 22.1 Å². The maximum atomic E-state index is 12.7. The lowest BCUT2D eigenvalue weighted by molar-refractivity contribution is 0.215. The monoisotopic (exact) mass is 449 g/mol. The zero-order valence-corrected chi connectivity index (χ0v) is 18.7. The molecule has 4 heterocycles. The third-order valence-corrected chi connectivity index (χ3v) is 8.05. The van der Waals surface area contributed by atoms with Gasteiger partial charge in [0.05, 0.1) is 5.69 Å². The zero-order valence-electron chi connectivity index (χ0n) is 18.7. The number of carbonyl (C=O) groups excluding carboxylic acids is 1. The van der Waals surface area contributed by atoms with Crippen molar-refractivity contribution in [1.29, 1.82) is 0 Å². The molecule has 4 N–H and O–H groups in total. The Morgan fingerprint density at radius 3 is 2.67 bits per heavy atom. The van der Waals surface area contributed by atoms with Crippen LogP contribution in [0.1, 0.15) is 18.4 Å². The van der Waals surface area contributed by atoms with Crippen LogP contribution in [0.3, 0.4) is 0 Å². The van der Waals surface area contributed by atoms with E-state index in [1.807, 2.05) is 17.0 Å². The molecule has 2 unspecified atom stereocenters. The van der Waals surface area contributed by atoms with E-state index in [0.29, 0.717) is 17.9 Å². The average molecular weight is 450 g/mol. The summed E-state index contributed by atoms with van der Waals surface area (Å²) >= 11 is 0. The van der Waals surface area contributed by atoms with E-state index in [9.17, 15) is 9.59 Å². The Labute approximate surface area is 193 Å². The number of nitrogens with one attached hydrogen (secondary N) is 2. The molecule has 1 aromatic carbocycles. The lowest BCUT2D eigenvalue weighted by atomic mass is 9.87. The predicted octanol–water partition coefficient (Wildman–Crippen LogP) is 0.839. The van der Waals surface area contributed by atoms with Crippen molar-refractivity contribution in [2.75, 3.05) is 44.6 Å². The second-order valence-corrected chi connectivity index (χ2v) is 10.3. The lowest BCUT2D eigenvalue weighted by Gasteiger charge is -2.22. The Morgan fingerprint density at radius 2 is 1.97 bits per heavy atom. The fraction of sp³-hybridized carbons (Fsp3) is 0.542. The first kappa shape index (κ1) is 20.8. The normalized spacial score (nSPS) is 30.7. The van der Waals surface area contributed by atoms with Gasteiger partial charge in [-0.25, -0.2) is 9.59 Å². The molecule has 1 spiro atoms. The number of anilines is 1. The summed E-state index contributed by atoms with van der Waals surface area (Å²) in [6, 6.07) is 9.90. The van der Waals surface area contributed by atoms with Crippen molar-refractivity contribution in [3.05, 3.63) is 52.6 Å². The summed E-state index contributed by atoms with van der Waals surface area (Å²) < 4.78 is 1.50. The summed E-state index contributed by atoms with van der Waals surface area (Å²) in [5.41, 5.74) is 7.81. The van der Waals surface area contributed by atoms with Gasteiger partial charge < -0.3 is 16.0 Å². The second-order valence-electron chi connectivity index (χ2n) is 10.3. The third kappa shape index (κ3) is 3.94. The van der Waals surface area contributed by atoms with Crippen LogP contribution in [0.5, 0.6) is 0 Å². The second kappa shape index (κ2) is 7.93. The van der Waals surface area contributed by atoms with Gasteiger partial charge in [-0.1, -0.05) is 12.1 Å². The number of aromatic nitrogens is 2. The van der Waals surface area contributed by atoms with Gasteiger partial charge in [-0.05, 0) is 55.0 Å². The number of carbonyl (C=O) groups is 1. The molecule has 0 radical (unpaired) electrons. The average Bonchev–Trinajstić information content (AvgIpc) is 3.32. The Bertz CT molecular complexity index is 1100. The Balaban J connectivity index is 1.08. The highest BCUT2D eigenvalue weighted by Gasteiger charge is 2.53. The van der Waals surface area contributed by atoms with Crippen molar-refractivity contribution in [3.8, 4) is 5.69 Å². The van der Waals surface area contributed by atoms with E-state index in [2.05, 4.69) is 32.7 Å². The summed E-state index contributed by atoms with van der Waals surface area (Å²) in [6.45, 7) is 6.55. The summed E-state index contributed by atoms with van der Waals surface area (Å²) in [4.78, 5) is 33.7. The van der Waals surface area contributed by atoms with Gasteiger partial charge >= 0.3 is 11.7 Å². The van der Waals surface area contributed by atoms with Crippen LogP contribution in [0.15, 0.2) is 41.3 Å². The number of urea groups is 1. The Kier molecular flexibility index (Phi) is 5.01. The van der Waals surface area contributed by atoms with Crippen LogP contribution >= 0.6 is 0 Å². The molecule has 4 atom stereocenters. The molecule has 33 heavy (non-hydrogen) atoms. The SMILES string of the molecule is NC1[C@H]2CN(Cc3ccc(-n4ccc(NC(=O)N5CCC6(CCNC6)C5)nc4=O)cc3)C[C@@H]12. The molecule has 9 nitrogen and oxygen atoms in total. The number of rotatable bonds is 4. The minimum absolute atomic E-state index is 0.187. The van der Waals surface area contributed by atoms with Gasteiger partial charge in [0, 0.05) is 56.9 Å². The number of fused-ring (bicyclic) bond motifs is 1. The molecule has 2 amide bonds. The highest BCUT2D eigenvalue weighted by Crippen LogP contribution is 2.44. The van der Waals surface area contributed by atoms with E-state index in [1.54, 1.807) is 12.3 Å². The smallest absolute Gasteiger partial charge is 0.327 e. The first-order chi connectivity index (χ1) is 16.0. The van der Waals surface area contributed by atoms with Crippen molar-refractivity contribution >= 4 is 11.8 Å². The molecule has 1 aliphatic carbocycles.